The van der Waals surface area contributed by atoms with Crippen molar-refractivity contribution in [3.63, 3.8) is 0 Å². The van der Waals surface area contributed by atoms with Crippen molar-refractivity contribution in [2.75, 3.05) is 18.8 Å². The molecule has 0 radical (unpaired) electrons. The van der Waals surface area contributed by atoms with E-state index in [2.05, 4.69) is 64.1 Å². The Hall–Kier alpha value is -4.65. The van der Waals surface area contributed by atoms with Crippen LogP contribution in [0.25, 0.3) is 39.2 Å². The van der Waals surface area contributed by atoms with Crippen LogP contribution in [-0.4, -0.2) is 44.2 Å². The smallest absolute Gasteiger partial charge is 0.410 e. The Morgan fingerprint density at radius 3 is 2.48 bits per heavy atom. The van der Waals surface area contributed by atoms with E-state index in [4.69, 9.17) is 15.5 Å². The molecule has 0 bridgehead atoms. The van der Waals surface area contributed by atoms with Crippen LogP contribution in [0.15, 0.2) is 91.1 Å². The number of aromatic nitrogens is 3. The number of carbonyl (C=O) groups excluding carboxylic acids is 1. The molecule has 1 fully saturated rings. The van der Waals surface area contributed by atoms with Crippen molar-refractivity contribution >= 4 is 22.9 Å². The minimum Gasteiger partial charge on any atom is -0.444 e. The van der Waals surface area contributed by atoms with Gasteiger partial charge in [0.1, 0.15) is 17.1 Å². The second-order valence-corrected chi connectivity index (χ2v) is 11.3. The van der Waals surface area contributed by atoms with E-state index < -0.39 is 5.60 Å². The van der Waals surface area contributed by atoms with Gasteiger partial charge in [-0.1, -0.05) is 42.5 Å². The lowest BCUT2D eigenvalue weighted by atomic mass is 9.98. The lowest BCUT2D eigenvalue weighted by molar-refractivity contribution is 0.0292. The Kier molecular flexibility index (Phi) is 6.50. The van der Waals surface area contributed by atoms with Gasteiger partial charge in [0, 0.05) is 47.4 Å². The van der Waals surface area contributed by atoms with Crippen molar-refractivity contribution in [3.8, 4) is 28.2 Å². The van der Waals surface area contributed by atoms with Crippen molar-refractivity contribution in [2.24, 2.45) is 0 Å². The van der Waals surface area contributed by atoms with Gasteiger partial charge < -0.3 is 15.4 Å². The van der Waals surface area contributed by atoms with E-state index >= 15 is 0 Å². The zero-order chi connectivity index (χ0) is 27.9. The largest absolute Gasteiger partial charge is 0.444 e. The van der Waals surface area contributed by atoms with E-state index in [-0.39, 0.29) is 12.0 Å². The predicted molar refractivity (Wildman–Crippen MR) is 159 cm³/mol. The molecule has 1 aliphatic heterocycles. The first-order valence-corrected chi connectivity index (χ1v) is 13.6. The fraction of sp³-hybridized carbons (Fsp3) is 0.242. The zero-order valence-corrected chi connectivity index (χ0v) is 23.0. The topological polar surface area (TPSA) is 86.3 Å². The molecule has 7 heteroatoms. The first kappa shape index (κ1) is 25.6. The molecule has 7 nitrogen and oxygen atoms in total. The van der Waals surface area contributed by atoms with E-state index in [0.29, 0.717) is 18.9 Å². The lowest BCUT2D eigenvalue weighted by Gasteiger charge is -2.24. The van der Waals surface area contributed by atoms with Crippen LogP contribution in [0, 0.1) is 0 Å². The van der Waals surface area contributed by atoms with Gasteiger partial charge in [0.15, 0.2) is 0 Å². The van der Waals surface area contributed by atoms with Gasteiger partial charge in [-0.3, -0.25) is 4.57 Å². The summed E-state index contributed by atoms with van der Waals surface area (Å²) >= 11 is 0. The molecule has 40 heavy (non-hydrogen) atoms. The van der Waals surface area contributed by atoms with Crippen LogP contribution in [-0.2, 0) is 4.74 Å². The third-order valence-electron chi connectivity index (χ3n) is 7.30. The molecular formula is C33H33N5O2. The van der Waals surface area contributed by atoms with Crippen molar-refractivity contribution < 1.29 is 9.53 Å². The number of nitrogens with two attached hydrogens (primary N) is 1. The Morgan fingerprint density at radius 1 is 0.975 bits per heavy atom. The molecule has 1 atom stereocenters. The molecule has 2 aromatic carbocycles. The molecule has 5 aromatic rings. The van der Waals surface area contributed by atoms with E-state index in [1.54, 1.807) is 6.20 Å². The van der Waals surface area contributed by atoms with Crippen molar-refractivity contribution in [1.82, 2.24) is 19.4 Å². The third-order valence-corrected chi connectivity index (χ3v) is 7.30. The number of carbonyl (C=O) groups is 1. The number of hydrogen-bond acceptors (Lipinski definition) is 5. The molecule has 0 spiro atoms. The van der Waals surface area contributed by atoms with E-state index in [1.807, 2.05) is 56.0 Å². The number of hydrogen-bond donors (Lipinski definition) is 1. The standard InChI is InChI=1S/C33H33N5O2/c1-33(2,3)40-32(39)37-19-17-25(21-37)22-11-14-26(15-12-22)38-29(27-10-7-18-35-30(27)34)20-24-13-16-28(36-31(24)38)23-8-5-4-6-9-23/h4-16,18,20,25H,17,19,21H2,1-3H3,(H2,34,35). The van der Waals surface area contributed by atoms with Crippen molar-refractivity contribution in [3.05, 3.63) is 96.7 Å². The molecule has 1 unspecified atom stereocenters. The number of likely N-dealkylation sites (tertiary alicyclic amines) is 1. The summed E-state index contributed by atoms with van der Waals surface area (Å²) < 4.78 is 7.74. The fourth-order valence-electron chi connectivity index (χ4n) is 5.36. The van der Waals surface area contributed by atoms with Gasteiger partial charge in [0.25, 0.3) is 0 Å². The summed E-state index contributed by atoms with van der Waals surface area (Å²) in [5.74, 6) is 0.735. The number of rotatable bonds is 4. The highest BCUT2D eigenvalue weighted by Crippen LogP contribution is 2.35. The highest BCUT2D eigenvalue weighted by Gasteiger charge is 2.30. The minimum atomic E-state index is -0.500. The molecule has 4 heterocycles. The number of pyridine rings is 2. The van der Waals surface area contributed by atoms with Gasteiger partial charge in [0.05, 0.1) is 11.4 Å². The number of nitrogen functional groups attached to an aromatic ring is 1. The zero-order valence-electron chi connectivity index (χ0n) is 23.0. The number of benzene rings is 2. The Balaban J connectivity index is 1.37. The number of fused-ring (bicyclic) bond motifs is 1. The van der Waals surface area contributed by atoms with Gasteiger partial charge in [0.2, 0.25) is 0 Å². The van der Waals surface area contributed by atoms with Crippen LogP contribution >= 0.6 is 0 Å². The number of ether oxygens (including phenoxy) is 1. The van der Waals surface area contributed by atoms with Crippen LogP contribution in [0.4, 0.5) is 10.6 Å². The van der Waals surface area contributed by atoms with Crippen LogP contribution in [0.1, 0.15) is 38.7 Å². The Bertz CT molecular complexity index is 1670. The molecule has 0 aliphatic carbocycles. The highest BCUT2D eigenvalue weighted by atomic mass is 16.6. The van der Waals surface area contributed by atoms with Gasteiger partial charge in [-0.25, -0.2) is 14.8 Å². The van der Waals surface area contributed by atoms with E-state index in [9.17, 15) is 4.79 Å². The third kappa shape index (κ3) is 5.02. The Morgan fingerprint density at radius 2 is 1.75 bits per heavy atom. The first-order chi connectivity index (χ1) is 19.3. The molecule has 202 valence electrons. The molecule has 1 amide bonds. The van der Waals surface area contributed by atoms with Crippen LogP contribution in [0.2, 0.25) is 0 Å². The quantitative estimate of drug-likeness (QED) is 0.268. The van der Waals surface area contributed by atoms with Crippen molar-refractivity contribution in [1.29, 1.82) is 0 Å². The normalized spacial score (nSPS) is 15.5. The summed E-state index contributed by atoms with van der Waals surface area (Å²) in [5, 5.41) is 1.02. The maximum absolute atomic E-state index is 12.6. The molecule has 1 aliphatic rings. The van der Waals surface area contributed by atoms with Gasteiger partial charge in [-0.15, -0.1) is 0 Å². The van der Waals surface area contributed by atoms with Crippen LogP contribution < -0.4 is 5.73 Å². The summed E-state index contributed by atoms with van der Waals surface area (Å²) in [5.41, 5.74) is 12.6. The first-order valence-electron chi connectivity index (χ1n) is 13.6. The van der Waals surface area contributed by atoms with E-state index in [0.717, 1.165) is 45.7 Å². The molecule has 1 saturated heterocycles. The van der Waals surface area contributed by atoms with Gasteiger partial charge >= 0.3 is 6.09 Å². The predicted octanol–water partition coefficient (Wildman–Crippen LogP) is 7.06. The van der Waals surface area contributed by atoms with Crippen LogP contribution in [0.5, 0.6) is 0 Å². The van der Waals surface area contributed by atoms with Gasteiger partial charge in [-0.05, 0) is 75.2 Å². The summed E-state index contributed by atoms with van der Waals surface area (Å²) in [7, 11) is 0. The number of anilines is 1. The molecule has 0 saturated carbocycles. The maximum atomic E-state index is 12.6. The SMILES string of the molecule is CC(C)(C)OC(=O)N1CCC(c2ccc(-n3c(-c4cccnc4N)cc4ccc(-c5ccccc5)nc43)cc2)C1. The van der Waals surface area contributed by atoms with Crippen molar-refractivity contribution in [2.45, 2.75) is 38.7 Å². The van der Waals surface area contributed by atoms with Crippen LogP contribution in [0.3, 0.4) is 0 Å². The Labute approximate surface area is 234 Å². The number of amides is 1. The molecule has 2 N–H and O–H groups in total. The summed E-state index contributed by atoms with van der Waals surface area (Å²) in [6.45, 7) is 7.04. The maximum Gasteiger partial charge on any atom is 0.410 e. The minimum absolute atomic E-state index is 0.246. The second-order valence-electron chi connectivity index (χ2n) is 11.3. The summed E-state index contributed by atoms with van der Waals surface area (Å²) in [6, 6.07) is 28.9. The van der Waals surface area contributed by atoms with E-state index in [1.165, 1.54) is 5.56 Å². The molecule has 3 aromatic heterocycles. The monoisotopic (exact) mass is 531 g/mol. The molecular weight excluding hydrogens is 498 g/mol. The summed E-state index contributed by atoms with van der Waals surface area (Å²) in [6.07, 6.45) is 2.36. The average Bonchev–Trinajstić information content (AvgIpc) is 3.58. The molecule has 6 rings (SSSR count). The van der Waals surface area contributed by atoms with Gasteiger partial charge in [-0.2, -0.15) is 0 Å². The summed E-state index contributed by atoms with van der Waals surface area (Å²) in [4.78, 5) is 23.8. The highest BCUT2D eigenvalue weighted by molar-refractivity contribution is 5.90. The fourth-order valence-corrected chi connectivity index (χ4v) is 5.36. The lowest BCUT2D eigenvalue weighted by Crippen LogP contribution is -2.35. The average molecular weight is 532 g/mol. The number of nitrogens with zero attached hydrogens (tertiary/aromatic N) is 4. The second kappa shape index (κ2) is 10.2.